The van der Waals surface area contributed by atoms with E-state index in [1.165, 1.54) is 19.1 Å². The van der Waals surface area contributed by atoms with Crippen molar-refractivity contribution in [3.8, 4) is 11.8 Å². The zero-order chi connectivity index (χ0) is 23.0. The number of thioether (sulfide) groups is 1. The summed E-state index contributed by atoms with van der Waals surface area (Å²) < 4.78 is 80.7. The topological polar surface area (TPSA) is 80.3 Å². The van der Waals surface area contributed by atoms with E-state index in [4.69, 9.17) is 11.6 Å². The number of pyridine rings is 1. The summed E-state index contributed by atoms with van der Waals surface area (Å²) in [5.41, 5.74) is -3.33. The lowest BCUT2D eigenvalue weighted by Gasteiger charge is -2.14. The Morgan fingerprint density at radius 2 is 1.77 bits per heavy atom. The molecule has 0 bridgehead atoms. The van der Waals surface area contributed by atoms with Gasteiger partial charge in [-0.2, -0.15) is 36.3 Å². The van der Waals surface area contributed by atoms with E-state index in [0.717, 1.165) is 16.8 Å². The Kier molecular flexibility index (Phi) is 6.15. The van der Waals surface area contributed by atoms with Gasteiger partial charge in [-0.15, -0.1) is 5.10 Å². The fourth-order valence-corrected chi connectivity index (χ4v) is 3.74. The molecule has 1 aromatic carbocycles. The van der Waals surface area contributed by atoms with Crippen LogP contribution in [0.1, 0.15) is 28.2 Å². The first-order valence-corrected chi connectivity index (χ1v) is 9.54. The third-order valence-electron chi connectivity index (χ3n) is 3.90. The van der Waals surface area contributed by atoms with Crippen LogP contribution in [0.2, 0.25) is 5.02 Å². The lowest BCUT2D eigenvalue weighted by atomic mass is 10.1. The summed E-state index contributed by atoms with van der Waals surface area (Å²) >= 11 is 6.36. The number of rotatable bonds is 4. The molecule has 2 heterocycles. The number of alkyl halides is 6. The molecule has 3 rings (SSSR count). The molecular formula is C17H9ClF6N6S. The van der Waals surface area contributed by atoms with Crippen LogP contribution in [0.25, 0.3) is 5.69 Å². The summed E-state index contributed by atoms with van der Waals surface area (Å²) in [5, 5.41) is 19.4. The van der Waals surface area contributed by atoms with E-state index in [1.54, 1.807) is 0 Å². The third-order valence-corrected chi connectivity index (χ3v) is 5.10. The van der Waals surface area contributed by atoms with Gasteiger partial charge in [-0.1, -0.05) is 23.4 Å². The van der Waals surface area contributed by atoms with Gasteiger partial charge < -0.3 is 0 Å². The fourth-order valence-electron chi connectivity index (χ4n) is 2.62. The van der Waals surface area contributed by atoms with E-state index in [0.29, 0.717) is 17.8 Å². The lowest BCUT2D eigenvalue weighted by molar-refractivity contribution is -0.138. The summed E-state index contributed by atoms with van der Waals surface area (Å²) in [6.45, 7) is 1.33. The predicted octanol–water partition coefficient (Wildman–Crippen LogP) is 5.22. The lowest BCUT2D eigenvalue weighted by Crippen LogP contribution is -2.13. The van der Waals surface area contributed by atoms with Gasteiger partial charge in [0.25, 0.3) is 0 Å². The first-order chi connectivity index (χ1) is 14.4. The second-order valence-corrected chi connectivity index (χ2v) is 7.46. The van der Waals surface area contributed by atoms with Crippen LogP contribution in [0, 0.1) is 18.3 Å². The van der Waals surface area contributed by atoms with Gasteiger partial charge in [0.05, 0.1) is 28.1 Å². The van der Waals surface area contributed by atoms with E-state index in [9.17, 15) is 31.6 Å². The molecule has 0 unspecified atom stereocenters. The Balaban J connectivity index is 1.99. The van der Waals surface area contributed by atoms with Gasteiger partial charge >= 0.3 is 12.4 Å². The zero-order valence-corrected chi connectivity index (χ0v) is 16.8. The zero-order valence-electron chi connectivity index (χ0n) is 15.3. The van der Waals surface area contributed by atoms with Gasteiger partial charge in [0.15, 0.2) is 5.82 Å². The maximum Gasteiger partial charge on any atom is 0.418 e. The molecule has 0 spiro atoms. The molecule has 0 saturated heterocycles. The van der Waals surface area contributed by atoms with Crippen molar-refractivity contribution in [3.05, 3.63) is 57.5 Å². The molecule has 162 valence electrons. The first-order valence-electron chi connectivity index (χ1n) is 8.18. The molecule has 0 amide bonds. The summed E-state index contributed by atoms with van der Waals surface area (Å²) in [6.07, 6.45) is -9.54. The van der Waals surface area contributed by atoms with E-state index in [2.05, 4.69) is 20.5 Å². The molecule has 3 aromatic rings. The third kappa shape index (κ3) is 4.91. The Hall–Kier alpha value is -2.85. The molecule has 14 heteroatoms. The fraction of sp³-hybridized carbons (Fsp3) is 0.235. The molecule has 6 nitrogen and oxygen atoms in total. The highest BCUT2D eigenvalue weighted by Gasteiger charge is 2.36. The van der Waals surface area contributed by atoms with Crippen LogP contribution in [0.4, 0.5) is 26.3 Å². The Bertz CT molecular complexity index is 1170. The smallest absolute Gasteiger partial charge is 0.245 e. The van der Waals surface area contributed by atoms with E-state index in [-0.39, 0.29) is 27.3 Å². The molecule has 31 heavy (non-hydrogen) atoms. The second-order valence-electron chi connectivity index (χ2n) is 6.06. The number of hydrogen-bond donors (Lipinski definition) is 0. The Labute approximate surface area is 179 Å². The summed E-state index contributed by atoms with van der Waals surface area (Å²) in [6, 6.07) is 5.23. The number of aryl methyl sites for hydroxylation is 1. The quantitative estimate of drug-likeness (QED) is 0.378. The van der Waals surface area contributed by atoms with Crippen molar-refractivity contribution in [2.75, 3.05) is 0 Å². The number of halogens is 7. The normalized spacial score (nSPS) is 12.1. The van der Waals surface area contributed by atoms with Gasteiger partial charge in [0.2, 0.25) is 0 Å². The van der Waals surface area contributed by atoms with Crippen LogP contribution in [0.5, 0.6) is 0 Å². The molecule has 0 fully saturated rings. The van der Waals surface area contributed by atoms with Gasteiger partial charge in [0.1, 0.15) is 11.1 Å². The van der Waals surface area contributed by atoms with Crippen LogP contribution in [-0.2, 0) is 18.1 Å². The van der Waals surface area contributed by atoms with E-state index < -0.39 is 34.7 Å². The van der Waals surface area contributed by atoms with E-state index >= 15 is 0 Å². The minimum absolute atomic E-state index is 0.0190. The Morgan fingerprint density at radius 1 is 1.10 bits per heavy atom. The van der Waals surface area contributed by atoms with Gasteiger partial charge in [-0.3, -0.25) is 0 Å². The maximum absolute atomic E-state index is 13.4. The van der Waals surface area contributed by atoms with Crippen LogP contribution >= 0.6 is 23.4 Å². The molecule has 2 aromatic heterocycles. The maximum atomic E-state index is 13.4. The van der Waals surface area contributed by atoms with Crippen molar-refractivity contribution >= 4 is 23.4 Å². The standard InChI is InChI=1S/C17H9ClF6N6S/c1-8-4-11(16(19,20)21)10(6-25)15(26-8)31-7-14-27-28-29-30(14)13-3-2-9(18)5-12(13)17(22,23)24/h2-5H,7H2,1H3. The SMILES string of the molecule is Cc1cc(C(F)(F)F)c(C#N)c(SCc2nnnn2-c2ccc(Cl)cc2C(F)(F)F)n1. The molecule has 0 aliphatic carbocycles. The molecule has 0 radical (unpaired) electrons. The first kappa shape index (κ1) is 22.8. The second kappa shape index (κ2) is 8.35. The van der Waals surface area contributed by atoms with E-state index in [1.807, 2.05) is 0 Å². The van der Waals surface area contributed by atoms with Crippen molar-refractivity contribution in [3.63, 3.8) is 0 Å². The number of aromatic nitrogens is 5. The minimum atomic E-state index is -4.78. The molecule has 0 atom stereocenters. The van der Waals surface area contributed by atoms with Crippen LogP contribution in [0.15, 0.2) is 29.3 Å². The number of nitrogens with zero attached hydrogens (tertiary/aromatic N) is 6. The van der Waals surface area contributed by atoms with Crippen molar-refractivity contribution in [1.29, 1.82) is 5.26 Å². The molecule has 0 N–H and O–H groups in total. The molecule has 0 aliphatic heterocycles. The van der Waals surface area contributed by atoms with Crippen LogP contribution in [-0.4, -0.2) is 25.2 Å². The summed E-state index contributed by atoms with van der Waals surface area (Å²) in [4.78, 5) is 3.95. The number of tetrazole rings is 1. The van der Waals surface area contributed by atoms with Crippen LogP contribution < -0.4 is 0 Å². The summed E-state index contributed by atoms with van der Waals surface area (Å²) in [5.74, 6) is -0.353. The average molecular weight is 479 g/mol. The van der Waals surface area contributed by atoms with Crippen molar-refractivity contribution < 1.29 is 26.3 Å². The van der Waals surface area contributed by atoms with Crippen LogP contribution in [0.3, 0.4) is 0 Å². The molecule has 0 saturated carbocycles. The van der Waals surface area contributed by atoms with Gasteiger partial charge in [0, 0.05) is 10.7 Å². The largest absolute Gasteiger partial charge is 0.418 e. The highest BCUT2D eigenvalue weighted by molar-refractivity contribution is 7.98. The number of nitriles is 1. The molecular weight excluding hydrogens is 470 g/mol. The minimum Gasteiger partial charge on any atom is -0.245 e. The van der Waals surface area contributed by atoms with Crippen molar-refractivity contribution in [2.24, 2.45) is 0 Å². The van der Waals surface area contributed by atoms with Crippen molar-refractivity contribution in [2.45, 2.75) is 30.1 Å². The van der Waals surface area contributed by atoms with Gasteiger partial charge in [-0.25, -0.2) is 4.98 Å². The number of benzene rings is 1. The highest BCUT2D eigenvalue weighted by atomic mass is 35.5. The average Bonchev–Trinajstić information content (AvgIpc) is 3.12. The van der Waals surface area contributed by atoms with Gasteiger partial charge in [-0.05, 0) is 41.6 Å². The summed E-state index contributed by atoms with van der Waals surface area (Å²) in [7, 11) is 0. The molecule has 0 aliphatic rings. The Morgan fingerprint density at radius 3 is 2.39 bits per heavy atom. The highest BCUT2D eigenvalue weighted by Crippen LogP contribution is 2.38. The predicted molar refractivity (Wildman–Crippen MR) is 97.4 cm³/mol. The monoisotopic (exact) mass is 478 g/mol. The van der Waals surface area contributed by atoms with Crippen molar-refractivity contribution in [1.82, 2.24) is 25.2 Å². The number of hydrogen-bond acceptors (Lipinski definition) is 6.